The molecule has 0 saturated heterocycles. The first-order valence-electron chi connectivity index (χ1n) is 1.63. The average molecular weight is 179 g/mol. The number of thiol groups is 1. The van der Waals surface area contributed by atoms with Crippen molar-refractivity contribution >= 4 is 80.6 Å². The molecule has 1 radical (unpaired) electrons. The summed E-state index contributed by atoms with van der Waals surface area (Å²) in [6, 6.07) is 0. The van der Waals surface area contributed by atoms with Crippen LogP contribution in [-0.2, 0) is 4.74 Å². The van der Waals surface area contributed by atoms with Crippen molar-refractivity contribution in [3.63, 3.8) is 0 Å². The third-order valence-electron chi connectivity index (χ3n) is 0.268. The standard InChI is InChI=1S/C3H6OS2.K.H2O/c1-2-4-3(5)6;;/h2H2,1H3,(H,5,6);;1H2. The average Bonchev–Trinajstić information content (AvgIpc) is 1.35. The van der Waals surface area contributed by atoms with Crippen molar-refractivity contribution < 1.29 is 10.2 Å². The first-order chi connectivity index (χ1) is 2.77. The van der Waals surface area contributed by atoms with Crippen molar-refractivity contribution in [2.45, 2.75) is 6.92 Å². The van der Waals surface area contributed by atoms with Gasteiger partial charge in [0.1, 0.15) is 0 Å². The van der Waals surface area contributed by atoms with Gasteiger partial charge >= 0.3 is 0 Å². The van der Waals surface area contributed by atoms with Crippen LogP contribution in [0.5, 0.6) is 0 Å². The molecule has 0 aliphatic rings. The Morgan fingerprint density at radius 1 is 1.75 bits per heavy atom. The van der Waals surface area contributed by atoms with Crippen LogP contribution in [0.2, 0.25) is 0 Å². The second-order valence-corrected chi connectivity index (χ2v) is 1.78. The molecule has 0 aromatic carbocycles. The van der Waals surface area contributed by atoms with Crippen LogP contribution in [0.1, 0.15) is 6.92 Å². The second kappa shape index (κ2) is 11.6. The van der Waals surface area contributed by atoms with Gasteiger partial charge in [0.15, 0.2) is 0 Å². The van der Waals surface area contributed by atoms with E-state index in [1.807, 2.05) is 6.92 Å². The Balaban J connectivity index is -0.000000125. The first-order valence-corrected chi connectivity index (χ1v) is 2.48. The Morgan fingerprint density at radius 3 is 2.12 bits per heavy atom. The molecular formula is C3H8KO2S2. The summed E-state index contributed by atoms with van der Waals surface area (Å²) < 4.78 is 4.95. The van der Waals surface area contributed by atoms with E-state index < -0.39 is 0 Å². The van der Waals surface area contributed by atoms with E-state index in [9.17, 15) is 0 Å². The summed E-state index contributed by atoms with van der Waals surface area (Å²) in [5.74, 6) is 0. The fourth-order valence-corrected chi connectivity index (χ4v) is 0.370. The Hall–Kier alpha value is 1.84. The van der Waals surface area contributed by atoms with Crippen molar-refractivity contribution in [1.82, 2.24) is 0 Å². The van der Waals surface area contributed by atoms with Gasteiger partial charge in [-0.3, -0.25) is 0 Å². The van der Waals surface area contributed by atoms with Crippen molar-refractivity contribution in [3.05, 3.63) is 0 Å². The van der Waals surface area contributed by atoms with E-state index in [0.717, 1.165) is 0 Å². The van der Waals surface area contributed by atoms with Gasteiger partial charge in [-0.1, -0.05) is 12.6 Å². The molecule has 0 rings (SSSR count). The van der Waals surface area contributed by atoms with Gasteiger partial charge in [0.25, 0.3) is 0 Å². The minimum Gasteiger partial charge on any atom is -0.479 e. The van der Waals surface area contributed by atoms with Crippen LogP contribution in [0.4, 0.5) is 0 Å². The SMILES string of the molecule is CCOC(=S)S.O.[K]. The smallest absolute Gasteiger partial charge is 0.216 e. The van der Waals surface area contributed by atoms with Gasteiger partial charge in [-0.05, 0) is 19.1 Å². The molecule has 8 heavy (non-hydrogen) atoms. The minimum absolute atomic E-state index is 0. The molecular weight excluding hydrogens is 171 g/mol. The van der Waals surface area contributed by atoms with Crippen molar-refractivity contribution in [2.24, 2.45) is 0 Å². The zero-order valence-electron chi connectivity index (χ0n) is 4.97. The first kappa shape index (κ1) is 16.4. The van der Waals surface area contributed by atoms with Crippen LogP contribution in [-0.4, -0.2) is 67.9 Å². The van der Waals surface area contributed by atoms with E-state index in [-0.39, 0.29) is 56.9 Å². The number of hydrogen-bond acceptors (Lipinski definition) is 2. The third kappa shape index (κ3) is 15.7. The molecule has 0 amide bonds. The molecule has 0 aliphatic heterocycles. The summed E-state index contributed by atoms with van der Waals surface area (Å²) in [5, 5.41) is 0. The zero-order valence-corrected chi connectivity index (χ0v) is 9.80. The van der Waals surface area contributed by atoms with Crippen molar-refractivity contribution in [3.8, 4) is 0 Å². The molecule has 45 valence electrons. The summed E-state index contributed by atoms with van der Waals surface area (Å²) in [4.78, 5) is 0. The maximum atomic E-state index is 4.64. The topological polar surface area (TPSA) is 40.7 Å². The molecule has 0 bridgehead atoms. The molecule has 5 heteroatoms. The number of hydrogen-bond donors (Lipinski definition) is 1. The third-order valence-corrected chi connectivity index (χ3v) is 0.515. The predicted octanol–water partition coefficient (Wildman–Crippen LogP) is 0.0321. The van der Waals surface area contributed by atoms with Crippen LogP contribution in [0.3, 0.4) is 0 Å². The summed E-state index contributed by atoms with van der Waals surface area (Å²) in [6.07, 6.45) is 0. The zero-order chi connectivity index (χ0) is 4.99. The summed E-state index contributed by atoms with van der Waals surface area (Å²) >= 11 is 8.12. The van der Waals surface area contributed by atoms with Crippen molar-refractivity contribution in [1.29, 1.82) is 0 Å². The van der Waals surface area contributed by atoms with E-state index in [2.05, 4.69) is 29.6 Å². The largest absolute Gasteiger partial charge is 0.479 e. The number of rotatable bonds is 1. The van der Waals surface area contributed by atoms with E-state index in [1.54, 1.807) is 0 Å². The molecule has 0 spiro atoms. The van der Waals surface area contributed by atoms with Gasteiger partial charge in [0, 0.05) is 51.4 Å². The predicted molar refractivity (Wildman–Crippen MR) is 42.6 cm³/mol. The molecule has 0 aromatic heterocycles. The van der Waals surface area contributed by atoms with E-state index in [4.69, 9.17) is 0 Å². The van der Waals surface area contributed by atoms with Gasteiger partial charge in [0.05, 0.1) is 6.61 Å². The maximum Gasteiger partial charge on any atom is 0.216 e. The summed E-state index contributed by atoms with van der Waals surface area (Å²) in [6.45, 7) is 2.48. The van der Waals surface area contributed by atoms with Gasteiger partial charge < -0.3 is 10.2 Å². The van der Waals surface area contributed by atoms with E-state index in [0.29, 0.717) is 11.0 Å². The Bertz CT molecular complexity index is 59.2. The Morgan fingerprint density at radius 2 is 2.12 bits per heavy atom. The van der Waals surface area contributed by atoms with Gasteiger partial charge in [-0.15, -0.1) is 0 Å². The van der Waals surface area contributed by atoms with E-state index in [1.165, 1.54) is 0 Å². The van der Waals surface area contributed by atoms with Crippen LogP contribution < -0.4 is 0 Å². The van der Waals surface area contributed by atoms with Gasteiger partial charge in [0.2, 0.25) is 4.38 Å². The monoisotopic (exact) mass is 179 g/mol. The molecule has 2 N–H and O–H groups in total. The van der Waals surface area contributed by atoms with Gasteiger partial charge in [-0.2, -0.15) is 0 Å². The fourth-order valence-electron chi connectivity index (χ4n) is 0.123. The molecule has 0 atom stereocenters. The van der Waals surface area contributed by atoms with Crippen molar-refractivity contribution in [2.75, 3.05) is 6.61 Å². The fraction of sp³-hybridized carbons (Fsp3) is 0.667. The molecule has 0 aliphatic carbocycles. The molecule has 0 aromatic rings. The maximum absolute atomic E-state index is 4.64. The van der Waals surface area contributed by atoms with Crippen LogP contribution in [0.25, 0.3) is 0 Å². The van der Waals surface area contributed by atoms with Crippen LogP contribution in [0, 0.1) is 0 Å². The molecule has 2 nitrogen and oxygen atoms in total. The van der Waals surface area contributed by atoms with Crippen LogP contribution >= 0.6 is 24.8 Å². The molecule has 0 heterocycles. The summed E-state index contributed by atoms with van der Waals surface area (Å²) in [7, 11) is 0. The second-order valence-electron chi connectivity index (χ2n) is 0.699. The Kier molecular flexibility index (Phi) is 23.9. The van der Waals surface area contributed by atoms with Crippen LogP contribution in [0.15, 0.2) is 0 Å². The number of ether oxygens (including phenoxy) is 1. The minimum atomic E-state index is 0. The quantitative estimate of drug-likeness (QED) is 0.350. The molecule has 0 unspecified atom stereocenters. The molecule has 0 fully saturated rings. The molecule has 0 saturated carbocycles. The number of thiocarbonyl (C=S) groups is 1. The summed E-state index contributed by atoms with van der Waals surface area (Å²) in [5.41, 5.74) is 0. The van der Waals surface area contributed by atoms with Gasteiger partial charge in [-0.25, -0.2) is 0 Å². The normalized spacial score (nSPS) is 5.75. The van der Waals surface area contributed by atoms with E-state index >= 15 is 0 Å². The Labute approximate surface area is 102 Å².